The third-order valence-corrected chi connectivity index (χ3v) is 0.500. The summed E-state index contributed by atoms with van der Waals surface area (Å²) >= 11 is 0. The molecule has 18 heteroatoms. The standard InChI is InChI=1S/3C2H2O4.4H2O.2Y/c3*3-1(4)2(5)6;;;;;;/h3*(H,3,4)(H,5,6);4*1H2;;/q;;;;;;;2*+3/p-6. The Morgan fingerprint density at radius 1 is 0.333 bits per heavy atom. The van der Waals surface area contributed by atoms with Gasteiger partial charge in [-0.05, 0) is 0 Å². The minimum absolute atomic E-state index is 0. The molecule has 0 amide bonds. The first-order valence-electron chi connectivity index (χ1n) is 3.20. The average Bonchev–Trinajstić information content (AvgIpc) is 2.18. The van der Waals surface area contributed by atoms with E-state index in [-0.39, 0.29) is 87.3 Å². The van der Waals surface area contributed by atoms with E-state index in [4.69, 9.17) is 59.4 Å². The molecular weight excluding hydrogens is 506 g/mol. The van der Waals surface area contributed by atoms with Gasteiger partial charge >= 0.3 is 65.4 Å². The van der Waals surface area contributed by atoms with Gasteiger partial charge < -0.3 is 81.3 Å². The molecule has 0 aliphatic carbocycles. The number of carboxylic acid groups (broad SMARTS) is 6. The molecule has 0 saturated carbocycles. The van der Waals surface area contributed by atoms with Gasteiger partial charge in [-0.1, -0.05) is 0 Å². The second kappa shape index (κ2) is 33.5. The SMILES string of the molecule is O.O.O.O.O=C([O-])C(=O)[O-].O=C([O-])C(=O)[O-].O=C([O-])C(=O)[O-].[Y+3].[Y+3]. The van der Waals surface area contributed by atoms with E-state index in [9.17, 15) is 0 Å². The van der Waals surface area contributed by atoms with Crippen LogP contribution in [0.25, 0.3) is 0 Å². The van der Waals surface area contributed by atoms with Gasteiger partial charge in [0.25, 0.3) is 0 Å². The Morgan fingerprint density at radius 3 is 0.375 bits per heavy atom. The first-order chi connectivity index (χ1) is 7.93. The number of hydrogen-bond donors (Lipinski definition) is 0. The summed E-state index contributed by atoms with van der Waals surface area (Å²) in [5, 5.41) is 53.6. The van der Waals surface area contributed by atoms with Gasteiger partial charge in [0, 0.05) is 0 Å². The molecule has 0 radical (unpaired) electrons. The molecule has 0 aliphatic heterocycles. The van der Waals surface area contributed by atoms with Crippen LogP contribution < -0.4 is 30.6 Å². The van der Waals surface area contributed by atoms with Crippen LogP contribution in [0.4, 0.5) is 0 Å². The number of carboxylic acids is 6. The predicted octanol–water partition coefficient (Wildman–Crippen LogP) is -13.8. The van der Waals surface area contributed by atoms with Crippen LogP contribution in [0.1, 0.15) is 0 Å². The first kappa shape index (κ1) is 56.9. The molecule has 0 aromatic heterocycles. The van der Waals surface area contributed by atoms with Crippen LogP contribution in [0, 0.1) is 0 Å². The molecular formula is C6H8O16Y2. The van der Waals surface area contributed by atoms with E-state index in [1.54, 1.807) is 0 Å². The van der Waals surface area contributed by atoms with E-state index in [2.05, 4.69) is 0 Å². The number of carbonyl (C=O) groups excluding carboxylic acids is 6. The Kier molecular flexibility index (Phi) is 79.3. The van der Waals surface area contributed by atoms with Crippen molar-refractivity contribution < 1.29 is 147 Å². The second-order valence-electron chi connectivity index (χ2n) is 1.72. The summed E-state index contributed by atoms with van der Waals surface area (Å²) in [6.07, 6.45) is 0. The van der Waals surface area contributed by atoms with Crippen LogP contribution in [0.15, 0.2) is 0 Å². The maximum Gasteiger partial charge on any atom is 3.00 e. The molecule has 0 bridgehead atoms. The zero-order valence-electron chi connectivity index (χ0n) is 11.1. The Bertz CT molecular complexity index is 284. The summed E-state index contributed by atoms with van der Waals surface area (Å²) in [6.45, 7) is 0. The molecule has 0 heterocycles. The van der Waals surface area contributed by atoms with Crippen LogP contribution in [-0.2, 0) is 94.2 Å². The van der Waals surface area contributed by atoms with Crippen LogP contribution >= 0.6 is 0 Å². The van der Waals surface area contributed by atoms with Gasteiger partial charge in [-0.3, -0.25) is 0 Å². The largest absolute Gasteiger partial charge is 3.00 e. The van der Waals surface area contributed by atoms with Gasteiger partial charge in [0.1, 0.15) is 0 Å². The molecule has 0 spiro atoms. The maximum absolute atomic E-state index is 8.93. The summed E-state index contributed by atoms with van der Waals surface area (Å²) in [7, 11) is 0. The van der Waals surface area contributed by atoms with E-state index < -0.39 is 35.8 Å². The first-order valence-corrected chi connectivity index (χ1v) is 3.20. The van der Waals surface area contributed by atoms with Gasteiger partial charge in [-0.25, -0.2) is 0 Å². The van der Waals surface area contributed by atoms with Crippen molar-refractivity contribution in [3.05, 3.63) is 0 Å². The molecule has 0 fully saturated rings. The number of rotatable bonds is 0. The second-order valence-corrected chi connectivity index (χ2v) is 1.72. The monoisotopic (exact) mass is 514 g/mol. The van der Waals surface area contributed by atoms with E-state index >= 15 is 0 Å². The molecule has 24 heavy (non-hydrogen) atoms. The van der Waals surface area contributed by atoms with Crippen LogP contribution in [0.3, 0.4) is 0 Å². The Labute approximate surface area is 181 Å². The molecule has 0 aliphatic rings. The zero-order chi connectivity index (χ0) is 15.5. The fraction of sp³-hybridized carbons (Fsp3) is 0. The van der Waals surface area contributed by atoms with Crippen molar-refractivity contribution in [3.63, 3.8) is 0 Å². The third-order valence-electron chi connectivity index (χ3n) is 0.500. The topological polar surface area (TPSA) is 367 Å². The predicted molar refractivity (Wildman–Crippen MR) is 44.5 cm³/mol. The van der Waals surface area contributed by atoms with Crippen molar-refractivity contribution in [1.82, 2.24) is 0 Å². The minimum atomic E-state index is -2.19. The molecule has 0 unspecified atom stereocenters. The number of aliphatic carboxylic acids is 6. The molecule has 16 nitrogen and oxygen atoms in total. The fourth-order valence-electron chi connectivity index (χ4n) is 0. The van der Waals surface area contributed by atoms with Gasteiger partial charge in [0.15, 0.2) is 0 Å². The third kappa shape index (κ3) is 69.7. The van der Waals surface area contributed by atoms with Crippen molar-refractivity contribution >= 4 is 35.8 Å². The van der Waals surface area contributed by atoms with Gasteiger partial charge in [0.05, 0.1) is 35.8 Å². The summed E-state index contributed by atoms with van der Waals surface area (Å²) in [5.74, 6) is -13.1. The molecule has 0 rings (SSSR count). The molecule has 0 aromatic rings. The maximum atomic E-state index is 8.93. The summed E-state index contributed by atoms with van der Waals surface area (Å²) in [5.41, 5.74) is 0. The summed E-state index contributed by atoms with van der Waals surface area (Å²) < 4.78 is 0. The molecule has 0 saturated heterocycles. The van der Waals surface area contributed by atoms with E-state index in [1.807, 2.05) is 0 Å². The van der Waals surface area contributed by atoms with Crippen molar-refractivity contribution in [2.75, 3.05) is 0 Å². The van der Waals surface area contributed by atoms with Crippen molar-refractivity contribution in [2.45, 2.75) is 0 Å². The molecule has 134 valence electrons. The summed E-state index contributed by atoms with van der Waals surface area (Å²) in [6, 6.07) is 0. The smallest absolute Gasteiger partial charge is 0.543 e. The van der Waals surface area contributed by atoms with Crippen molar-refractivity contribution in [1.29, 1.82) is 0 Å². The number of hydrogen-bond acceptors (Lipinski definition) is 12. The van der Waals surface area contributed by atoms with Crippen molar-refractivity contribution in [2.24, 2.45) is 0 Å². The average molecular weight is 514 g/mol. The Hall–Kier alpha value is -1.13. The molecule has 0 atom stereocenters. The molecule has 0 aromatic carbocycles. The Balaban J connectivity index is -0.0000000179. The minimum Gasteiger partial charge on any atom is -0.543 e. The fourth-order valence-corrected chi connectivity index (χ4v) is 0. The normalized spacial score (nSPS) is 5.50. The van der Waals surface area contributed by atoms with Crippen molar-refractivity contribution in [3.8, 4) is 0 Å². The molecule has 8 N–H and O–H groups in total. The van der Waals surface area contributed by atoms with Gasteiger partial charge in [-0.2, -0.15) is 0 Å². The van der Waals surface area contributed by atoms with Crippen LogP contribution in [0.2, 0.25) is 0 Å². The van der Waals surface area contributed by atoms with Crippen LogP contribution in [-0.4, -0.2) is 57.7 Å². The zero-order valence-corrected chi connectivity index (χ0v) is 16.7. The van der Waals surface area contributed by atoms with Crippen LogP contribution in [0.5, 0.6) is 0 Å². The van der Waals surface area contributed by atoms with Gasteiger partial charge in [-0.15, -0.1) is 0 Å². The van der Waals surface area contributed by atoms with E-state index in [0.717, 1.165) is 0 Å². The Morgan fingerprint density at radius 2 is 0.375 bits per heavy atom. The van der Waals surface area contributed by atoms with Gasteiger partial charge in [0.2, 0.25) is 0 Å². The summed E-state index contributed by atoms with van der Waals surface area (Å²) in [4.78, 5) is 53.6. The number of carbonyl (C=O) groups is 6. The van der Waals surface area contributed by atoms with E-state index in [0.29, 0.717) is 0 Å². The van der Waals surface area contributed by atoms with E-state index in [1.165, 1.54) is 0 Å². The quantitative estimate of drug-likeness (QED) is 0.272.